The van der Waals surface area contributed by atoms with Crippen molar-refractivity contribution in [2.45, 2.75) is 0 Å². The molecule has 3 nitrogen and oxygen atoms in total. The van der Waals surface area contributed by atoms with E-state index in [0.717, 1.165) is 32.7 Å². The molecule has 3 heteroatoms. The minimum Gasteiger partial charge on any atom is -0.422 e. The van der Waals surface area contributed by atoms with Gasteiger partial charge in [-0.15, -0.1) is 0 Å². The fourth-order valence-corrected chi connectivity index (χ4v) is 4.34. The van der Waals surface area contributed by atoms with Crippen LogP contribution in [0.4, 0.5) is 0 Å². The van der Waals surface area contributed by atoms with Crippen LogP contribution in [0.3, 0.4) is 0 Å². The Balaban J connectivity index is 2.03. The molecule has 0 fully saturated rings. The molecule has 0 bridgehead atoms. The van der Waals surface area contributed by atoms with Crippen LogP contribution >= 0.6 is 0 Å². The summed E-state index contributed by atoms with van der Waals surface area (Å²) in [7, 11) is 0. The second-order valence-corrected chi connectivity index (χ2v) is 6.81. The number of hydrogen-bond acceptors (Lipinski definition) is 3. The van der Waals surface area contributed by atoms with E-state index in [1.165, 1.54) is 0 Å². The molecule has 1 aliphatic carbocycles. The lowest BCUT2D eigenvalue weighted by Gasteiger charge is -2.12. The Morgan fingerprint density at radius 1 is 0.556 bits per heavy atom. The lowest BCUT2D eigenvalue weighted by atomic mass is 9.92. The first-order valence-electron chi connectivity index (χ1n) is 8.80. The first-order valence-corrected chi connectivity index (χ1v) is 8.80. The lowest BCUT2D eigenvalue weighted by Crippen LogP contribution is -2.02. The van der Waals surface area contributed by atoms with Gasteiger partial charge < -0.3 is 4.42 Å². The van der Waals surface area contributed by atoms with E-state index in [2.05, 4.69) is 0 Å². The Bertz CT molecular complexity index is 1510. The van der Waals surface area contributed by atoms with Crippen LogP contribution < -0.4 is 5.63 Å². The minimum atomic E-state index is -0.360. The molecule has 0 unspecified atom stereocenters. The smallest absolute Gasteiger partial charge is 0.344 e. The summed E-state index contributed by atoms with van der Waals surface area (Å²) >= 11 is 0. The summed E-state index contributed by atoms with van der Waals surface area (Å²) < 4.78 is 5.80. The third kappa shape index (κ3) is 1.71. The molecule has 5 aromatic rings. The van der Waals surface area contributed by atoms with Crippen LogP contribution in [0, 0.1) is 0 Å². The zero-order valence-electron chi connectivity index (χ0n) is 14.2. The first kappa shape index (κ1) is 14.4. The van der Waals surface area contributed by atoms with Crippen LogP contribution in [0.25, 0.3) is 43.6 Å². The van der Waals surface area contributed by atoms with Gasteiger partial charge in [-0.1, -0.05) is 66.7 Å². The maximum Gasteiger partial charge on any atom is 0.344 e. The van der Waals surface area contributed by atoms with Gasteiger partial charge in [0.1, 0.15) is 5.58 Å². The van der Waals surface area contributed by atoms with Crippen molar-refractivity contribution in [1.82, 2.24) is 0 Å². The SMILES string of the molecule is O=C1c2ccccc2-c2c1c1ccccc1c1oc(=O)c3ccccc3c21. The third-order valence-electron chi connectivity index (χ3n) is 5.45. The highest BCUT2D eigenvalue weighted by atomic mass is 16.4. The molecule has 1 heterocycles. The Morgan fingerprint density at radius 2 is 1.15 bits per heavy atom. The molecule has 0 spiro atoms. The standard InChI is InChI=1S/C24H12O3/c25-22-16-10-4-1-7-13(16)19-20(22)14-8-2-5-11-17(14)23-21(19)15-9-3-6-12-18(15)24(26)27-23/h1-12H. The zero-order chi connectivity index (χ0) is 18.1. The molecule has 0 atom stereocenters. The van der Waals surface area contributed by atoms with Crippen molar-refractivity contribution in [2.24, 2.45) is 0 Å². The van der Waals surface area contributed by atoms with Gasteiger partial charge in [-0.3, -0.25) is 4.79 Å². The van der Waals surface area contributed by atoms with Crippen molar-refractivity contribution < 1.29 is 9.21 Å². The number of ketones is 1. The Morgan fingerprint density at radius 3 is 1.93 bits per heavy atom. The fraction of sp³-hybridized carbons (Fsp3) is 0. The summed E-state index contributed by atoms with van der Waals surface area (Å²) in [6.45, 7) is 0. The third-order valence-corrected chi connectivity index (χ3v) is 5.45. The number of benzene rings is 4. The Kier molecular flexibility index (Phi) is 2.63. The zero-order valence-corrected chi connectivity index (χ0v) is 14.2. The van der Waals surface area contributed by atoms with Crippen LogP contribution in [0.15, 0.2) is 82.0 Å². The van der Waals surface area contributed by atoms with Crippen LogP contribution in [0.2, 0.25) is 0 Å². The number of rotatable bonds is 0. The van der Waals surface area contributed by atoms with E-state index in [1.54, 1.807) is 6.07 Å². The average Bonchev–Trinajstić information content (AvgIpc) is 3.01. The predicted octanol–water partition coefficient (Wildman–Crippen LogP) is 5.31. The molecule has 0 saturated carbocycles. The van der Waals surface area contributed by atoms with Crippen molar-refractivity contribution >= 4 is 38.3 Å². The number of carbonyl (C=O) groups excluding carboxylic acids is 1. The van der Waals surface area contributed by atoms with E-state index >= 15 is 0 Å². The molecule has 1 aromatic heterocycles. The van der Waals surface area contributed by atoms with E-state index in [9.17, 15) is 9.59 Å². The first-order chi connectivity index (χ1) is 13.3. The molecule has 126 valence electrons. The van der Waals surface area contributed by atoms with Crippen LogP contribution in [0.5, 0.6) is 0 Å². The van der Waals surface area contributed by atoms with Crippen LogP contribution in [0.1, 0.15) is 15.9 Å². The summed E-state index contributed by atoms with van der Waals surface area (Å²) in [5, 5.41) is 3.78. The van der Waals surface area contributed by atoms with Gasteiger partial charge in [0.05, 0.1) is 5.39 Å². The number of fused-ring (bicyclic) bond motifs is 10. The molecule has 0 N–H and O–H groups in total. The summed E-state index contributed by atoms with van der Waals surface area (Å²) in [5.41, 5.74) is 3.33. The van der Waals surface area contributed by atoms with Gasteiger partial charge in [0, 0.05) is 32.8 Å². The van der Waals surface area contributed by atoms with Gasteiger partial charge in [-0.25, -0.2) is 4.79 Å². The summed E-state index contributed by atoms with van der Waals surface area (Å²) in [6, 6.07) is 22.7. The fourth-order valence-electron chi connectivity index (χ4n) is 4.34. The minimum absolute atomic E-state index is 0.0222. The molecule has 4 aromatic carbocycles. The van der Waals surface area contributed by atoms with Crippen molar-refractivity contribution in [3.8, 4) is 11.1 Å². The average molecular weight is 348 g/mol. The summed E-state index contributed by atoms with van der Waals surface area (Å²) in [5.74, 6) is 0.0222. The largest absolute Gasteiger partial charge is 0.422 e. The van der Waals surface area contributed by atoms with Gasteiger partial charge in [0.15, 0.2) is 5.78 Å². The van der Waals surface area contributed by atoms with Crippen LogP contribution in [-0.2, 0) is 0 Å². The molecule has 0 saturated heterocycles. The van der Waals surface area contributed by atoms with E-state index in [-0.39, 0.29) is 11.4 Å². The number of hydrogen-bond donors (Lipinski definition) is 0. The highest BCUT2D eigenvalue weighted by molar-refractivity contribution is 6.35. The van der Waals surface area contributed by atoms with Gasteiger partial charge >= 0.3 is 5.63 Å². The van der Waals surface area contributed by atoms with Gasteiger partial charge in [-0.2, -0.15) is 0 Å². The second-order valence-electron chi connectivity index (χ2n) is 6.81. The highest BCUT2D eigenvalue weighted by Gasteiger charge is 2.32. The van der Waals surface area contributed by atoms with Crippen LogP contribution in [-0.4, -0.2) is 5.78 Å². The maximum atomic E-state index is 13.3. The quantitative estimate of drug-likeness (QED) is 0.276. The molecular formula is C24H12O3. The molecule has 6 rings (SSSR count). The Hall–Kier alpha value is -3.72. The summed E-state index contributed by atoms with van der Waals surface area (Å²) in [4.78, 5) is 25.9. The van der Waals surface area contributed by atoms with Crippen molar-refractivity contribution in [2.75, 3.05) is 0 Å². The molecule has 27 heavy (non-hydrogen) atoms. The van der Waals surface area contributed by atoms with E-state index in [0.29, 0.717) is 22.1 Å². The van der Waals surface area contributed by atoms with E-state index < -0.39 is 0 Å². The van der Waals surface area contributed by atoms with Crippen molar-refractivity contribution in [1.29, 1.82) is 0 Å². The predicted molar refractivity (Wildman–Crippen MR) is 106 cm³/mol. The number of carbonyl (C=O) groups is 1. The van der Waals surface area contributed by atoms with E-state index in [1.807, 2.05) is 66.7 Å². The normalized spacial score (nSPS) is 12.7. The molecule has 0 amide bonds. The van der Waals surface area contributed by atoms with Crippen molar-refractivity contribution in [3.63, 3.8) is 0 Å². The topological polar surface area (TPSA) is 47.3 Å². The maximum absolute atomic E-state index is 13.3. The van der Waals surface area contributed by atoms with Crippen molar-refractivity contribution in [3.05, 3.63) is 94.3 Å². The second kappa shape index (κ2) is 4.92. The van der Waals surface area contributed by atoms with Gasteiger partial charge in [0.25, 0.3) is 0 Å². The molecule has 0 radical (unpaired) electrons. The van der Waals surface area contributed by atoms with E-state index in [4.69, 9.17) is 4.42 Å². The molecular weight excluding hydrogens is 336 g/mol. The highest BCUT2D eigenvalue weighted by Crippen LogP contribution is 2.47. The lowest BCUT2D eigenvalue weighted by molar-refractivity contribution is 0.104. The molecule has 0 aliphatic heterocycles. The summed E-state index contributed by atoms with van der Waals surface area (Å²) in [6.07, 6.45) is 0. The Labute approximate surface area is 153 Å². The monoisotopic (exact) mass is 348 g/mol. The van der Waals surface area contributed by atoms with Gasteiger partial charge in [0.2, 0.25) is 0 Å². The molecule has 1 aliphatic rings. The van der Waals surface area contributed by atoms with Gasteiger partial charge in [-0.05, 0) is 17.0 Å².